The minimum absolute atomic E-state index is 0.216. The molecule has 5 nitrogen and oxygen atoms in total. The summed E-state index contributed by atoms with van der Waals surface area (Å²) >= 11 is 1.15. The molecule has 170 valence electrons. The lowest BCUT2D eigenvalue weighted by Crippen LogP contribution is -2.43. The molecule has 4 rings (SSSR count). The van der Waals surface area contributed by atoms with E-state index in [0.29, 0.717) is 24.5 Å². The van der Waals surface area contributed by atoms with Gasteiger partial charge in [0.2, 0.25) is 0 Å². The topological polar surface area (TPSA) is 57.3 Å². The molecule has 3 aromatic rings. The zero-order valence-corrected chi connectivity index (χ0v) is 19.2. The Labute approximate surface area is 195 Å². The highest BCUT2D eigenvalue weighted by Gasteiger charge is 2.30. The van der Waals surface area contributed by atoms with E-state index in [2.05, 4.69) is 21.5 Å². The van der Waals surface area contributed by atoms with Gasteiger partial charge in [0.25, 0.3) is 5.91 Å². The number of carbonyl (C=O) groups is 1. The van der Waals surface area contributed by atoms with Crippen LogP contribution in [0.15, 0.2) is 41.8 Å². The van der Waals surface area contributed by atoms with Gasteiger partial charge in [-0.3, -0.25) is 10.1 Å². The number of nitrogens with zero attached hydrogens (tertiary/aromatic N) is 2. The molecule has 2 N–H and O–H groups in total. The van der Waals surface area contributed by atoms with Crippen LogP contribution >= 0.6 is 11.3 Å². The van der Waals surface area contributed by atoms with Crippen molar-refractivity contribution in [3.05, 3.63) is 75.8 Å². The second kappa shape index (κ2) is 9.30. The van der Waals surface area contributed by atoms with Gasteiger partial charge in [-0.15, -0.1) is 17.8 Å². The van der Waals surface area contributed by atoms with Gasteiger partial charge in [-0.1, -0.05) is 35.7 Å². The average Bonchev–Trinajstić information content (AvgIpc) is 3.28. The standard InChI is InChI=1S/C25H24F2N4OS/c1-4-25(3,17-7-5-16(2)6-8-17)21-15-33-24(29-21)30-23(32)22-19(26)13-18(14-20(22)27)31-11-9-28-10-12-31/h1,5-8,13-15,28H,9-12H2,2-3H3,(H,29,30,32)/t25-/m1/s1. The molecule has 2 aromatic carbocycles. The number of amides is 1. The maximum absolute atomic E-state index is 14.7. The molecule has 1 saturated heterocycles. The minimum Gasteiger partial charge on any atom is -0.369 e. The zero-order valence-electron chi connectivity index (χ0n) is 18.4. The summed E-state index contributed by atoms with van der Waals surface area (Å²) < 4.78 is 29.5. The van der Waals surface area contributed by atoms with Gasteiger partial charge in [0, 0.05) is 37.2 Å². The Hall–Kier alpha value is -3.28. The Morgan fingerprint density at radius 3 is 2.45 bits per heavy atom. The van der Waals surface area contributed by atoms with E-state index in [9.17, 15) is 13.6 Å². The number of rotatable bonds is 5. The van der Waals surface area contributed by atoms with Gasteiger partial charge in [0.05, 0.1) is 11.1 Å². The molecule has 0 spiro atoms. The fraction of sp³-hybridized carbons (Fsp3) is 0.280. The first-order valence-electron chi connectivity index (χ1n) is 10.6. The molecule has 1 aliphatic heterocycles. The number of terminal acetylenes is 1. The number of aryl methyl sites for hydroxylation is 1. The van der Waals surface area contributed by atoms with Crippen LogP contribution in [0, 0.1) is 30.9 Å². The third kappa shape index (κ3) is 4.61. The van der Waals surface area contributed by atoms with Crippen molar-refractivity contribution >= 4 is 28.1 Å². The lowest BCUT2D eigenvalue weighted by molar-refractivity contribution is 0.101. The molecule has 1 fully saturated rings. The fourth-order valence-electron chi connectivity index (χ4n) is 3.79. The summed E-state index contributed by atoms with van der Waals surface area (Å²) in [5.41, 5.74) is 1.54. The number of nitrogens with one attached hydrogen (secondary N) is 2. The molecule has 0 radical (unpaired) electrons. The predicted octanol–water partition coefficient (Wildman–Crippen LogP) is 4.33. The fourth-order valence-corrected chi connectivity index (χ4v) is 4.61. The molecule has 1 amide bonds. The van der Waals surface area contributed by atoms with Crippen molar-refractivity contribution in [1.29, 1.82) is 0 Å². The predicted molar refractivity (Wildman–Crippen MR) is 128 cm³/mol. The smallest absolute Gasteiger partial charge is 0.263 e. The lowest BCUT2D eigenvalue weighted by atomic mass is 9.80. The van der Waals surface area contributed by atoms with Crippen LogP contribution in [-0.2, 0) is 5.41 Å². The van der Waals surface area contributed by atoms with Crippen LogP contribution in [0.4, 0.5) is 19.6 Å². The van der Waals surface area contributed by atoms with Crippen molar-refractivity contribution in [1.82, 2.24) is 10.3 Å². The number of benzene rings is 2. The van der Waals surface area contributed by atoms with Gasteiger partial charge in [0.15, 0.2) is 5.13 Å². The summed E-state index contributed by atoms with van der Waals surface area (Å²) in [6.07, 6.45) is 5.85. The van der Waals surface area contributed by atoms with Crippen molar-refractivity contribution < 1.29 is 13.6 Å². The molecule has 33 heavy (non-hydrogen) atoms. The van der Waals surface area contributed by atoms with E-state index in [1.807, 2.05) is 43.0 Å². The highest BCUT2D eigenvalue weighted by molar-refractivity contribution is 7.14. The van der Waals surface area contributed by atoms with Crippen molar-refractivity contribution in [2.45, 2.75) is 19.3 Å². The Balaban J connectivity index is 1.55. The number of carbonyl (C=O) groups excluding carboxylic acids is 1. The highest BCUT2D eigenvalue weighted by Crippen LogP contribution is 2.34. The number of anilines is 2. The summed E-state index contributed by atoms with van der Waals surface area (Å²) in [6, 6.07) is 10.2. The Bertz CT molecular complexity index is 1190. The van der Waals surface area contributed by atoms with Gasteiger partial charge >= 0.3 is 0 Å². The van der Waals surface area contributed by atoms with E-state index in [4.69, 9.17) is 6.42 Å². The lowest BCUT2D eigenvalue weighted by Gasteiger charge is -2.29. The first-order valence-corrected chi connectivity index (χ1v) is 11.5. The maximum Gasteiger partial charge on any atom is 0.263 e. The van der Waals surface area contributed by atoms with Gasteiger partial charge in [-0.25, -0.2) is 13.8 Å². The third-order valence-electron chi connectivity index (χ3n) is 5.89. The van der Waals surface area contributed by atoms with Gasteiger partial charge < -0.3 is 10.2 Å². The van der Waals surface area contributed by atoms with Gasteiger partial charge in [-0.05, 0) is 31.5 Å². The summed E-state index contributed by atoms with van der Waals surface area (Å²) in [5.74, 6) is 0.0714. The van der Waals surface area contributed by atoms with Crippen LogP contribution < -0.4 is 15.5 Å². The number of piperazine rings is 1. The summed E-state index contributed by atoms with van der Waals surface area (Å²) in [6.45, 7) is 6.60. The van der Waals surface area contributed by atoms with Crippen molar-refractivity contribution in [3.63, 3.8) is 0 Å². The SMILES string of the molecule is C#C[C@](C)(c1ccc(C)cc1)c1csc(NC(=O)c2c(F)cc(N3CCNCC3)cc2F)n1. The van der Waals surface area contributed by atoms with E-state index in [-0.39, 0.29) is 5.13 Å². The molecule has 1 aromatic heterocycles. The summed E-state index contributed by atoms with van der Waals surface area (Å²) in [5, 5.41) is 7.66. The minimum atomic E-state index is -0.911. The normalized spacial score (nSPS) is 15.5. The molecule has 1 aliphatic rings. The van der Waals surface area contributed by atoms with E-state index < -0.39 is 28.5 Å². The number of hydrogen-bond acceptors (Lipinski definition) is 5. The van der Waals surface area contributed by atoms with E-state index in [0.717, 1.165) is 35.6 Å². The molecule has 0 bridgehead atoms. The Morgan fingerprint density at radius 2 is 1.85 bits per heavy atom. The van der Waals surface area contributed by atoms with Crippen LogP contribution in [0.3, 0.4) is 0 Å². The molecule has 0 aliphatic carbocycles. The number of thiazole rings is 1. The number of halogens is 2. The van der Waals surface area contributed by atoms with Crippen molar-refractivity contribution in [2.24, 2.45) is 0 Å². The van der Waals surface area contributed by atoms with E-state index >= 15 is 0 Å². The van der Waals surface area contributed by atoms with Crippen LogP contribution in [-0.4, -0.2) is 37.1 Å². The number of aromatic nitrogens is 1. The van der Waals surface area contributed by atoms with Crippen LogP contribution in [0.25, 0.3) is 0 Å². The molecular formula is C25H24F2N4OS. The first kappa shape index (κ1) is 22.9. The van der Waals surface area contributed by atoms with Crippen LogP contribution in [0.5, 0.6) is 0 Å². The Kier molecular flexibility index (Phi) is 6.45. The second-order valence-corrected chi connectivity index (χ2v) is 9.01. The largest absolute Gasteiger partial charge is 0.369 e. The molecule has 2 heterocycles. The Morgan fingerprint density at radius 1 is 1.21 bits per heavy atom. The van der Waals surface area contributed by atoms with E-state index in [1.165, 1.54) is 12.1 Å². The molecule has 0 saturated carbocycles. The monoisotopic (exact) mass is 466 g/mol. The van der Waals surface area contributed by atoms with Crippen LogP contribution in [0.1, 0.15) is 34.1 Å². The second-order valence-electron chi connectivity index (χ2n) is 8.15. The number of hydrogen-bond donors (Lipinski definition) is 2. The van der Waals surface area contributed by atoms with Gasteiger partial charge in [-0.2, -0.15) is 0 Å². The molecule has 1 atom stereocenters. The van der Waals surface area contributed by atoms with E-state index in [1.54, 1.807) is 5.38 Å². The van der Waals surface area contributed by atoms with Gasteiger partial charge in [0.1, 0.15) is 17.2 Å². The quantitative estimate of drug-likeness (QED) is 0.550. The summed E-state index contributed by atoms with van der Waals surface area (Å²) in [7, 11) is 0. The average molecular weight is 467 g/mol. The van der Waals surface area contributed by atoms with Crippen molar-refractivity contribution in [2.75, 3.05) is 36.4 Å². The van der Waals surface area contributed by atoms with Crippen LogP contribution in [0.2, 0.25) is 0 Å². The molecule has 0 unspecified atom stereocenters. The van der Waals surface area contributed by atoms with Crippen molar-refractivity contribution in [3.8, 4) is 12.3 Å². The first-order chi connectivity index (χ1) is 15.8. The zero-order chi connectivity index (χ0) is 23.6. The highest BCUT2D eigenvalue weighted by atomic mass is 32.1. The third-order valence-corrected chi connectivity index (χ3v) is 6.65. The molecular weight excluding hydrogens is 442 g/mol. The maximum atomic E-state index is 14.7. The molecule has 8 heteroatoms. The summed E-state index contributed by atoms with van der Waals surface area (Å²) in [4.78, 5) is 19.0.